The predicted molar refractivity (Wildman–Crippen MR) is 109 cm³/mol. The van der Waals surface area contributed by atoms with E-state index in [2.05, 4.69) is 17.1 Å². The van der Waals surface area contributed by atoms with Gasteiger partial charge < -0.3 is 19.7 Å². The maximum absolute atomic E-state index is 12.1. The van der Waals surface area contributed by atoms with E-state index in [1.165, 1.54) is 6.08 Å². The summed E-state index contributed by atoms with van der Waals surface area (Å²) >= 11 is 0. The summed E-state index contributed by atoms with van der Waals surface area (Å²) in [6, 6.07) is 15.6. The van der Waals surface area contributed by atoms with Crippen molar-refractivity contribution in [2.45, 2.75) is 13.3 Å². The molecule has 3 rings (SSSR count). The number of nitrogens with one attached hydrogen (secondary N) is 1. The van der Waals surface area contributed by atoms with Gasteiger partial charge >= 0.3 is 0 Å². The molecule has 0 bridgehead atoms. The summed E-state index contributed by atoms with van der Waals surface area (Å²) in [5.74, 6) is 0.694. The van der Waals surface area contributed by atoms with Crippen molar-refractivity contribution in [2.24, 2.45) is 0 Å². The van der Waals surface area contributed by atoms with Crippen LogP contribution in [0.2, 0.25) is 0 Å². The van der Waals surface area contributed by atoms with E-state index in [0.717, 1.165) is 55.4 Å². The number of morpholine rings is 1. The standard InChI is InChI=1S/C22H26N2O3/c1-2-15-27-21-10-3-18(4-11-21)5-12-22(25)23-19-6-8-20(9-7-19)24-13-16-26-17-14-24/h3-12H,2,13-17H2,1H3,(H,23,25). The number of rotatable bonds is 7. The van der Waals surface area contributed by atoms with E-state index < -0.39 is 0 Å². The lowest BCUT2D eigenvalue weighted by molar-refractivity contribution is -0.111. The fourth-order valence-corrected chi connectivity index (χ4v) is 2.83. The molecule has 0 radical (unpaired) electrons. The van der Waals surface area contributed by atoms with Crippen molar-refractivity contribution < 1.29 is 14.3 Å². The van der Waals surface area contributed by atoms with Gasteiger partial charge in [-0.1, -0.05) is 19.1 Å². The number of carbonyl (C=O) groups excluding carboxylic acids is 1. The van der Waals surface area contributed by atoms with Gasteiger partial charge in [0.05, 0.1) is 19.8 Å². The highest BCUT2D eigenvalue weighted by Gasteiger charge is 2.10. The molecule has 0 unspecified atom stereocenters. The highest BCUT2D eigenvalue weighted by atomic mass is 16.5. The van der Waals surface area contributed by atoms with E-state index in [9.17, 15) is 4.79 Å². The molecule has 1 fully saturated rings. The normalized spacial score (nSPS) is 14.3. The van der Waals surface area contributed by atoms with Gasteiger partial charge in [-0.05, 0) is 54.5 Å². The van der Waals surface area contributed by atoms with Crippen LogP contribution in [0, 0.1) is 0 Å². The van der Waals surface area contributed by atoms with Crippen molar-refractivity contribution in [1.82, 2.24) is 0 Å². The molecular weight excluding hydrogens is 340 g/mol. The fraction of sp³-hybridized carbons (Fsp3) is 0.318. The minimum atomic E-state index is -0.152. The third-order valence-corrected chi connectivity index (χ3v) is 4.29. The number of anilines is 2. The summed E-state index contributed by atoms with van der Waals surface area (Å²) < 4.78 is 10.9. The van der Waals surface area contributed by atoms with Gasteiger partial charge in [0.1, 0.15) is 5.75 Å². The maximum Gasteiger partial charge on any atom is 0.248 e. The minimum Gasteiger partial charge on any atom is -0.494 e. The molecule has 2 aromatic rings. The van der Waals surface area contributed by atoms with Gasteiger partial charge in [-0.2, -0.15) is 0 Å². The Labute approximate surface area is 160 Å². The lowest BCUT2D eigenvalue weighted by Gasteiger charge is -2.28. The Hall–Kier alpha value is -2.79. The molecule has 2 aromatic carbocycles. The van der Waals surface area contributed by atoms with Crippen LogP contribution in [-0.2, 0) is 9.53 Å². The number of benzene rings is 2. The van der Waals surface area contributed by atoms with Gasteiger partial charge in [-0.25, -0.2) is 0 Å². The molecule has 0 atom stereocenters. The molecule has 0 aliphatic carbocycles. The minimum absolute atomic E-state index is 0.152. The van der Waals surface area contributed by atoms with E-state index in [1.54, 1.807) is 6.08 Å². The lowest BCUT2D eigenvalue weighted by Crippen LogP contribution is -2.36. The molecular formula is C22H26N2O3. The number of hydrogen-bond acceptors (Lipinski definition) is 4. The molecule has 1 aliphatic heterocycles. The number of nitrogens with zero attached hydrogens (tertiary/aromatic N) is 1. The summed E-state index contributed by atoms with van der Waals surface area (Å²) in [5.41, 5.74) is 2.89. The van der Waals surface area contributed by atoms with E-state index in [4.69, 9.17) is 9.47 Å². The van der Waals surface area contributed by atoms with E-state index >= 15 is 0 Å². The highest BCUT2D eigenvalue weighted by molar-refractivity contribution is 6.02. The van der Waals surface area contributed by atoms with Crippen LogP contribution in [0.4, 0.5) is 11.4 Å². The molecule has 0 aromatic heterocycles. The second-order valence-electron chi connectivity index (χ2n) is 6.39. The van der Waals surface area contributed by atoms with Crippen LogP contribution < -0.4 is 15.0 Å². The van der Waals surface area contributed by atoms with Crippen molar-refractivity contribution in [1.29, 1.82) is 0 Å². The SMILES string of the molecule is CCCOc1ccc(C=CC(=O)Nc2ccc(N3CCOCC3)cc2)cc1. The molecule has 1 aliphatic rings. The molecule has 27 heavy (non-hydrogen) atoms. The number of hydrogen-bond donors (Lipinski definition) is 1. The van der Waals surface area contributed by atoms with Gasteiger partial charge in [-0.15, -0.1) is 0 Å². The average molecular weight is 366 g/mol. The Bertz CT molecular complexity index is 748. The number of carbonyl (C=O) groups is 1. The molecule has 5 nitrogen and oxygen atoms in total. The van der Waals surface area contributed by atoms with Crippen molar-refractivity contribution in [3.05, 3.63) is 60.2 Å². The molecule has 1 N–H and O–H groups in total. The van der Waals surface area contributed by atoms with Crippen LogP contribution in [0.5, 0.6) is 5.75 Å². The molecule has 5 heteroatoms. The Morgan fingerprint density at radius 1 is 1.11 bits per heavy atom. The maximum atomic E-state index is 12.1. The summed E-state index contributed by atoms with van der Waals surface area (Å²) in [5, 5.41) is 2.89. The predicted octanol–water partition coefficient (Wildman–Crippen LogP) is 3.96. The second-order valence-corrected chi connectivity index (χ2v) is 6.39. The van der Waals surface area contributed by atoms with Crippen molar-refractivity contribution in [3.8, 4) is 5.75 Å². The van der Waals surface area contributed by atoms with Crippen LogP contribution in [0.25, 0.3) is 6.08 Å². The summed E-state index contributed by atoms with van der Waals surface area (Å²) in [6.07, 6.45) is 4.31. The zero-order chi connectivity index (χ0) is 18.9. The van der Waals surface area contributed by atoms with Crippen LogP contribution in [-0.4, -0.2) is 38.8 Å². The van der Waals surface area contributed by atoms with E-state index in [-0.39, 0.29) is 5.91 Å². The van der Waals surface area contributed by atoms with Crippen LogP contribution in [0.1, 0.15) is 18.9 Å². The molecule has 1 heterocycles. The van der Waals surface area contributed by atoms with Gasteiger partial charge in [0.2, 0.25) is 5.91 Å². The van der Waals surface area contributed by atoms with Crippen molar-refractivity contribution >= 4 is 23.4 Å². The van der Waals surface area contributed by atoms with Gasteiger partial charge in [0, 0.05) is 30.5 Å². The average Bonchev–Trinajstić information content (AvgIpc) is 2.73. The van der Waals surface area contributed by atoms with Gasteiger partial charge in [-0.3, -0.25) is 4.79 Å². The zero-order valence-electron chi connectivity index (χ0n) is 15.7. The molecule has 1 amide bonds. The third-order valence-electron chi connectivity index (χ3n) is 4.29. The first-order valence-electron chi connectivity index (χ1n) is 9.39. The Kier molecular flexibility index (Phi) is 6.88. The summed E-state index contributed by atoms with van der Waals surface area (Å²) in [6.45, 7) is 6.10. The van der Waals surface area contributed by atoms with Crippen molar-refractivity contribution in [2.75, 3.05) is 43.1 Å². The second kappa shape index (κ2) is 9.78. The monoisotopic (exact) mass is 366 g/mol. The zero-order valence-corrected chi connectivity index (χ0v) is 15.7. The molecule has 0 saturated carbocycles. The molecule has 1 saturated heterocycles. The fourth-order valence-electron chi connectivity index (χ4n) is 2.83. The smallest absolute Gasteiger partial charge is 0.248 e. The number of ether oxygens (including phenoxy) is 2. The molecule has 0 spiro atoms. The van der Waals surface area contributed by atoms with Gasteiger partial charge in [0.25, 0.3) is 0 Å². The van der Waals surface area contributed by atoms with E-state index in [1.807, 2.05) is 48.5 Å². The quantitative estimate of drug-likeness (QED) is 0.754. The largest absolute Gasteiger partial charge is 0.494 e. The summed E-state index contributed by atoms with van der Waals surface area (Å²) in [4.78, 5) is 14.4. The van der Waals surface area contributed by atoms with Crippen LogP contribution in [0.3, 0.4) is 0 Å². The molecule has 142 valence electrons. The van der Waals surface area contributed by atoms with Crippen LogP contribution in [0.15, 0.2) is 54.6 Å². The Morgan fingerprint density at radius 3 is 2.48 bits per heavy atom. The Balaban J connectivity index is 1.51. The topological polar surface area (TPSA) is 50.8 Å². The lowest BCUT2D eigenvalue weighted by atomic mass is 10.2. The highest BCUT2D eigenvalue weighted by Crippen LogP contribution is 2.19. The Morgan fingerprint density at radius 2 is 1.81 bits per heavy atom. The third kappa shape index (κ3) is 5.86. The first kappa shape index (κ1) is 19.0. The summed E-state index contributed by atoms with van der Waals surface area (Å²) in [7, 11) is 0. The first-order valence-corrected chi connectivity index (χ1v) is 9.39. The van der Waals surface area contributed by atoms with Crippen LogP contribution >= 0.6 is 0 Å². The van der Waals surface area contributed by atoms with Gasteiger partial charge in [0.15, 0.2) is 0 Å². The first-order chi connectivity index (χ1) is 13.2. The van der Waals surface area contributed by atoms with Crippen molar-refractivity contribution in [3.63, 3.8) is 0 Å². The van der Waals surface area contributed by atoms with E-state index in [0.29, 0.717) is 6.61 Å². The number of amides is 1.